The molecular formula is C12H12FNO. The van der Waals surface area contributed by atoms with Gasteiger partial charge in [0.25, 0.3) is 0 Å². The molecule has 1 aromatic heterocycles. The van der Waals surface area contributed by atoms with Crippen LogP contribution >= 0.6 is 0 Å². The van der Waals surface area contributed by atoms with Gasteiger partial charge in [-0.25, -0.2) is 4.39 Å². The summed E-state index contributed by atoms with van der Waals surface area (Å²) in [7, 11) is 0. The van der Waals surface area contributed by atoms with Crippen LogP contribution in [0.15, 0.2) is 30.5 Å². The molecule has 0 fully saturated rings. The monoisotopic (exact) mass is 205 g/mol. The first kappa shape index (κ1) is 9.90. The molecule has 0 saturated heterocycles. The Kier molecular flexibility index (Phi) is 2.54. The van der Waals surface area contributed by atoms with Crippen LogP contribution in [0.1, 0.15) is 13.3 Å². The Balaban J connectivity index is 2.35. The minimum atomic E-state index is -0.245. The average molecular weight is 205 g/mol. The van der Waals surface area contributed by atoms with E-state index in [1.165, 1.54) is 12.1 Å². The molecule has 78 valence electrons. The molecule has 15 heavy (non-hydrogen) atoms. The summed E-state index contributed by atoms with van der Waals surface area (Å²) in [5, 5.41) is 1.000. The Hall–Kier alpha value is -1.64. The second kappa shape index (κ2) is 3.85. The van der Waals surface area contributed by atoms with Gasteiger partial charge in [0.2, 0.25) is 0 Å². The number of Topliss-reactive ketones (excluding diaryl/α,β-unsaturated/α-hetero) is 1. The van der Waals surface area contributed by atoms with E-state index in [-0.39, 0.29) is 11.6 Å². The van der Waals surface area contributed by atoms with Gasteiger partial charge < -0.3 is 4.57 Å². The largest absolute Gasteiger partial charge is 0.347 e. The van der Waals surface area contributed by atoms with Gasteiger partial charge in [-0.1, -0.05) is 0 Å². The van der Waals surface area contributed by atoms with Crippen molar-refractivity contribution in [2.75, 3.05) is 0 Å². The first-order valence-corrected chi connectivity index (χ1v) is 4.90. The van der Waals surface area contributed by atoms with E-state index in [0.29, 0.717) is 13.0 Å². The quantitative estimate of drug-likeness (QED) is 0.755. The van der Waals surface area contributed by atoms with E-state index < -0.39 is 0 Å². The molecular weight excluding hydrogens is 193 g/mol. The van der Waals surface area contributed by atoms with Crippen molar-refractivity contribution in [1.29, 1.82) is 0 Å². The number of fused-ring (bicyclic) bond motifs is 1. The Morgan fingerprint density at radius 1 is 1.40 bits per heavy atom. The molecule has 1 aromatic carbocycles. The SMILES string of the molecule is CC(=O)CCn1ccc2ccc(F)cc21. The molecule has 2 rings (SSSR count). The first-order valence-electron chi connectivity index (χ1n) is 4.90. The zero-order valence-corrected chi connectivity index (χ0v) is 8.53. The van der Waals surface area contributed by atoms with E-state index in [0.717, 1.165) is 10.9 Å². The minimum Gasteiger partial charge on any atom is -0.347 e. The van der Waals surface area contributed by atoms with Gasteiger partial charge in [-0.05, 0) is 36.6 Å². The second-order valence-electron chi connectivity index (χ2n) is 3.66. The molecule has 0 aliphatic heterocycles. The lowest BCUT2D eigenvalue weighted by Crippen LogP contribution is -2.01. The maximum Gasteiger partial charge on any atom is 0.131 e. The summed E-state index contributed by atoms with van der Waals surface area (Å²) in [6, 6.07) is 6.61. The molecule has 0 radical (unpaired) electrons. The molecule has 0 aliphatic rings. The zero-order chi connectivity index (χ0) is 10.8. The molecule has 0 aliphatic carbocycles. The molecule has 0 unspecified atom stereocenters. The molecule has 1 heterocycles. The highest BCUT2D eigenvalue weighted by Crippen LogP contribution is 2.17. The number of carbonyl (C=O) groups is 1. The number of hydrogen-bond acceptors (Lipinski definition) is 1. The molecule has 0 spiro atoms. The summed E-state index contributed by atoms with van der Waals surface area (Å²) in [6.07, 6.45) is 2.37. The number of ketones is 1. The van der Waals surface area contributed by atoms with E-state index in [4.69, 9.17) is 0 Å². The molecule has 0 N–H and O–H groups in total. The number of halogens is 1. The Bertz CT molecular complexity index is 501. The highest BCUT2D eigenvalue weighted by Gasteiger charge is 2.02. The predicted molar refractivity (Wildman–Crippen MR) is 57.2 cm³/mol. The van der Waals surface area contributed by atoms with Crippen molar-refractivity contribution < 1.29 is 9.18 Å². The van der Waals surface area contributed by atoms with Gasteiger partial charge in [0, 0.05) is 19.2 Å². The number of aryl methyl sites for hydroxylation is 1. The predicted octanol–water partition coefficient (Wildman–Crippen LogP) is 2.76. The zero-order valence-electron chi connectivity index (χ0n) is 8.53. The highest BCUT2D eigenvalue weighted by atomic mass is 19.1. The van der Waals surface area contributed by atoms with Crippen LogP contribution in [0, 0.1) is 5.82 Å². The van der Waals surface area contributed by atoms with Gasteiger partial charge >= 0.3 is 0 Å². The third kappa shape index (κ3) is 2.06. The lowest BCUT2D eigenvalue weighted by atomic mass is 10.2. The molecule has 0 bridgehead atoms. The van der Waals surface area contributed by atoms with Crippen molar-refractivity contribution in [2.45, 2.75) is 19.9 Å². The van der Waals surface area contributed by atoms with Gasteiger partial charge in [0.05, 0.1) is 5.52 Å². The maximum absolute atomic E-state index is 13.0. The molecule has 0 atom stereocenters. The summed E-state index contributed by atoms with van der Waals surface area (Å²) >= 11 is 0. The summed E-state index contributed by atoms with van der Waals surface area (Å²) < 4.78 is 14.9. The van der Waals surface area contributed by atoms with E-state index in [9.17, 15) is 9.18 Å². The van der Waals surface area contributed by atoms with Crippen LogP contribution < -0.4 is 0 Å². The maximum atomic E-state index is 13.0. The Morgan fingerprint density at radius 2 is 2.20 bits per heavy atom. The van der Waals surface area contributed by atoms with Crippen LogP contribution in [0.5, 0.6) is 0 Å². The summed E-state index contributed by atoms with van der Waals surface area (Å²) in [5.41, 5.74) is 0.844. The van der Waals surface area contributed by atoms with Crippen LogP contribution in [0.3, 0.4) is 0 Å². The van der Waals surface area contributed by atoms with E-state index >= 15 is 0 Å². The number of nitrogens with zero attached hydrogens (tertiary/aromatic N) is 1. The summed E-state index contributed by atoms with van der Waals surface area (Å²) in [4.78, 5) is 10.9. The number of benzene rings is 1. The van der Waals surface area contributed by atoms with Gasteiger partial charge in [-0.15, -0.1) is 0 Å². The number of hydrogen-bond donors (Lipinski definition) is 0. The van der Waals surface area contributed by atoms with Crippen molar-refractivity contribution in [3.8, 4) is 0 Å². The summed E-state index contributed by atoms with van der Waals surface area (Å²) in [6.45, 7) is 2.18. The lowest BCUT2D eigenvalue weighted by Gasteiger charge is -2.03. The van der Waals surface area contributed by atoms with Gasteiger partial charge in [-0.2, -0.15) is 0 Å². The second-order valence-corrected chi connectivity index (χ2v) is 3.66. The van der Waals surface area contributed by atoms with Crippen molar-refractivity contribution in [3.63, 3.8) is 0 Å². The average Bonchev–Trinajstić information content (AvgIpc) is 2.57. The first-order chi connectivity index (χ1) is 7.16. The van der Waals surface area contributed by atoms with Crippen LogP contribution in [-0.2, 0) is 11.3 Å². The summed E-state index contributed by atoms with van der Waals surface area (Å²) in [5.74, 6) is -0.0986. The van der Waals surface area contributed by atoms with Crippen LogP contribution in [0.2, 0.25) is 0 Å². The normalized spacial score (nSPS) is 10.8. The van der Waals surface area contributed by atoms with E-state index in [1.54, 1.807) is 13.0 Å². The smallest absolute Gasteiger partial charge is 0.131 e. The molecule has 0 amide bonds. The van der Waals surface area contributed by atoms with Crippen molar-refractivity contribution in [1.82, 2.24) is 4.57 Å². The van der Waals surface area contributed by atoms with Crippen molar-refractivity contribution in [3.05, 3.63) is 36.3 Å². The van der Waals surface area contributed by atoms with E-state index in [2.05, 4.69) is 0 Å². The minimum absolute atomic E-state index is 0.147. The molecule has 2 nitrogen and oxygen atoms in total. The van der Waals surface area contributed by atoms with Crippen LogP contribution in [-0.4, -0.2) is 10.4 Å². The Labute approximate surface area is 87.3 Å². The van der Waals surface area contributed by atoms with Crippen LogP contribution in [0.25, 0.3) is 10.9 Å². The highest BCUT2D eigenvalue weighted by molar-refractivity contribution is 5.80. The molecule has 2 aromatic rings. The third-order valence-corrected chi connectivity index (χ3v) is 2.44. The fourth-order valence-corrected chi connectivity index (χ4v) is 1.63. The molecule has 3 heteroatoms. The van der Waals surface area contributed by atoms with Gasteiger partial charge in [0.1, 0.15) is 11.6 Å². The van der Waals surface area contributed by atoms with Gasteiger partial charge in [-0.3, -0.25) is 4.79 Å². The third-order valence-electron chi connectivity index (χ3n) is 2.44. The lowest BCUT2D eigenvalue weighted by molar-refractivity contribution is -0.117. The van der Waals surface area contributed by atoms with E-state index in [1.807, 2.05) is 16.8 Å². The number of rotatable bonds is 3. The van der Waals surface area contributed by atoms with Crippen molar-refractivity contribution >= 4 is 16.7 Å². The van der Waals surface area contributed by atoms with Crippen molar-refractivity contribution in [2.24, 2.45) is 0 Å². The fraction of sp³-hybridized carbons (Fsp3) is 0.250. The van der Waals surface area contributed by atoms with Crippen LogP contribution in [0.4, 0.5) is 4.39 Å². The Morgan fingerprint density at radius 3 is 2.93 bits per heavy atom. The fourth-order valence-electron chi connectivity index (χ4n) is 1.63. The standard InChI is InChI=1S/C12H12FNO/c1-9(15)4-6-14-7-5-10-2-3-11(13)8-12(10)14/h2-3,5,7-8H,4,6H2,1H3. The molecule has 0 saturated carbocycles. The number of carbonyl (C=O) groups excluding carboxylic acids is 1. The topological polar surface area (TPSA) is 22.0 Å². The number of aromatic nitrogens is 1. The van der Waals surface area contributed by atoms with Gasteiger partial charge in [0.15, 0.2) is 0 Å².